The summed E-state index contributed by atoms with van der Waals surface area (Å²) >= 11 is 0. The predicted molar refractivity (Wildman–Crippen MR) is 72.0 cm³/mol. The summed E-state index contributed by atoms with van der Waals surface area (Å²) in [6.45, 7) is 11.7. The maximum absolute atomic E-state index is 6.15. The number of furan rings is 1. The van der Waals surface area contributed by atoms with E-state index in [0.29, 0.717) is 6.04 Å². The van der Waals surface area contributed by atoms with Crippen LogP contribution in [0.25, 0.3) is 0 Å². The normalized spacial score (nSPS) is 15.5. The predicted octanol–water partition coefficient (Wildman–Crippen LogP) is 3.10. The summed E-state index contributed by atoms with van der Waals surface area (Å²) < 4.78 is 5.76. The van der Waals surface area contributed by atoms with Gasteiger partial charge in [0.2, 0.25) is 0 Å². The van der Waals surface area contributed by atoms with Crippen LogP contribution < -0.4 is 5.73 Å². The van der Waals surface area contributed by atoms with E-state index < -0.39 is 0 Å². The minimum absolute atomic E-state index is 0.0644. The van der Waals surface area contributed by atoms with Crippen molar-refractivity contribution in [2.24, 2.45) is 5.73 Å². The molecule has 0 aliphatic heterocycles. The first-order valence-corrected chi connectivity index (χ1v) is 6.55. The molecule has 0 spiro atoms. The van der Waals surface area contributed by atoms with E-state index in [4.69, 9.17) is 10.2 Å². The molecule has 1 rings (SSSR count). The Bertz CT molecular complexity index is 331. The number of nitrogens with two attached hydrogens (primary N) is 1. The fraction of sp³-hybridized carbons (Fsp3) is 0.714. The summed E-state index contributed by atoms with van der Waals surface area (Å²) in [5.41, 5.74) is 6.15. The van der Waals surface area contributed by atoms with Gasteiger partial charge in [-0.3, -0.25) is 4.90 Å². The summed E-state index contributed by atoms with van der Waals surface area (Å²) in [6.07, 6.45) is 1.13. The summed E-state index contributed by atoms with van der Waals surface area (Å²) in [7, 11) is 0. The van der Waals surface area contributed by atoms with Crippen LogP contribution in [0.1, 0.15) is 51.7 Å². The third-order valence-electron chi connectivity index (χ3n) is 3.05. The molecule has 1 aromatic rings. The van der Waals surface area contributed by atoms with E-state index in [1.165, 1.54) is 0 Å². The SMILES string of the molecule is CCCN(C(C)C)C(c1ccc(C)o1)C(C)N. The average molecular weight is 238 g/mol. The van der Waals surface area contributed by atoms with E-state index in [2.05, 4.69) is 31.7 Å². The van der Waals surface area contributed by atoms with Crippen LogP contribution in [-0.2, 0) is 0 Å². The summed E-state index contributed by atoms with van der Waals surface area (Å²) in [6, 6.07) is 4.76. The smallest absolute Gasteiger partial charge is 0.122 e. The maximum Gasteiger partial charge on any atom is 0.122 e. The van der Waals surface area contributed by atoms with E-state index in [1.807, 2.05) is 19.9 Å². The number of hydrogen-bond acceptors (Lipinski definition) is 3. The lowest BCUT2D eigenvalue weighted by atomic mass is 10.0. The molecule has 1 aromatic heterocycles. The lowest BCUT2D eigenvalue weighted by Crippen LogP contribution is -2.43. The Morgan fingerprint density at radius 2 is 1.94 bits per heavy atom. The first-order valence-electron chi connectivity index (χ1n) is 6.55. The molecule has 3 nitrogen and oxygen atoms in total. The number of aryl methyl sites for hydroxylation is 1. The third-order valence-corrected chi connectivity index (χ3v) is 3.05. The number of nitrogens with zero attached hydrogens (tertiary/aromatic N) is 1. The van der Waals surface area contributed by atoms with Crippen molar-refractivity contribution in [3.8, 4) is 0 Å². The molecular formula is C14H26N2O. The summed E-state index contributed by atoms with van der Waals surface area (Å²) in [4.78, 5) is 2.42. The molecule has 2 N–H and O–H groups in total. The lowest BCUT2D eigenvalue weighted by Gasteiger charge is -2.35. The van der Waals surface area contributed by atoms with Gasteiger partial charge in [0.05, 0.1) is 6.04 Å². The highest BCUT2D eigenvalue weighted by Crippen LogP contribution is 2.27. The molecule has 0 aromatic carbocycles. The van der Waals surface area contributed by atoms with Crippen molar-refractivity contribution < 1.29 is 4.42 Å². The van der Waals surface area contributed by atoms with Gasteiger partial charge in [0.15, 0.2) is 0 Å². The van der Waals surface area contributed by atoms with Crippen LogP contribution >= 0.6 is 0 Å². The van der Waals surface area contributed by atoms with Crippen LogP contribution in [0.2, 0.25) is 0 Å². The van der Waals surface area contributed by atoms with Crippen LogP contribution in [0.15, 0.2) is 16.5 Å². The van der Waals surface area contributed by atoms with Crippen LogP contribution in [0.4, 0.5) is 0 Å². The van der Waals surface area contributed by atoms with Crippen molar-refractivity contribution in [1.82, 2.24) is 4.90 Å². The highest BCUT2D eigenvalue weighted by atomic mass is 16.3. The van der Waals surface area contributed by atoms with Crippen molar-refractivity contribution in [3.05, 3.63) is 23.7 Å². The molecule has 0 saturated carbocycles. The average Bonchev–Trinajstić information content (AvgIpc) is 2.63. The number of rotatable bonds is 6. The second-order valence-corrected chi connectivity index (χ2v) is 5.08. The molecule has 0 aliphatic carbocycles. The van der Waals surface area contributed by atoms with Gasteiger partial charge in [0.25, 0.3) is 0 Å². The van der Waals surface area contributed by atoms with Crippen LogP contribution in [0, 0.1) is 6.92 Å². The van der Waals surface area contributed by atoms with E-state index in [0.717, 1.165) is 24.5 Å². The molecule has 0 aliphatic rings. The molecule has 1 heterocycles. The Balaban J connectivity index is 2.98. The second-order valence-electron chi connectivity index (χ2n) is 5.08. The van der Waals surface area contributed by atoms with Gasteiger partial charge >= 0.3 is 0 Å². The van der Waals surface area contributed by atoms with Crippen molar-refractivity contribution in [1.29, 1.82) is 0 Å². The van der Waals surface area contributed by atoms with E-state index in [1.54, 1.807) is 0 Å². The highest BCUT2D eigenvalue weighted by molar-refractivity contribution is 5.12. The zero-order chi connectivity index (χ0) is 13.0. The zero-order valence-electron chi connectivity index (χ0n) is 11.7. The van der Waals surface area contributed by atoms with Crippen LogP contribution in [-0.4, -0.2) is 23.5 Å². The maximum atomic E-state index is 6.15. The topological polar surface area (TPSA) is 42.4 Å². The van der Waals surface area contributed by atoms with Crippen molar-refractivity contribution in [2.45, 2.75) is 59.2 Å². The summed E-state index contributed by atoms with van der Waals surface area (Å²) in [5.74, 6) is 1.94. The molecule has 3 heteroatoms. The molecule has 2 atom stereocenters. The Hall–Kier alpha value is -0.800. The van der Waals surface area contributed by atoms with Gasteiger partial charge in [0, 0.05) is 12.1 Å². The van der Waals surface area contributed by atoms with E-state index in [-0.39, 0.29) is 12.1 Å². The Kier molecular flexibility index (Phi) is 5.22. The van der Waals surface area contributed by atoms with Crippen molar-refractivity contribution in [2.75, 3.05) is 6.54 Å². The first kappa shape index (κ1) is 14.3. The quantitative estimate of drug-likeness (QED) is 0.828. The lowest BCUT2D eigenvalue weighted by molar-refractivity contribution is 0.118. The van der Waals surface area contributed by atoms with Gasteiger partial charge in [-0.2, -0.15) is 0 Å². The molecule has 0 fully saturated rings. The van der Waals surface area contributed by atoms with Crippen molar-refractivity contribution in [3.63, 3.8) is 0 Å². The van der Waals surface area contributed by atoms with Gasteiger partial charge in [-0.05, 0) is 52.8 Å². The van der Waals surface area contributed by atoms with Gasteiger partial charge in [-0.25, -0.2) is 0 Å². The van der Waals surface area contributed by atoms with Gasteiger partial charge in [0.1, 0.15) is 11.5 Å². The monoisotopic (exact) mass is 238 g/mol. The van der Waals surface area contributed by atoms with Crippen LogP contribution in [0.5, 0.6) is 0 Å². The van der Waals surface area contributed by atoms with Gasteiger partial charge in [-0.15, -0.1) is 0 Å². The minimum Gasteiger partial charge on any atom is -0.465 e. The van der Waals surface area contributed by atoms with E-state index >= 15 is 0 Å². The fourth-order valence-corrected chi connectivity index (χ4v) is 2.31. The summed E-state index contributed by atoms with van der Waals surface area (Å²) in [5, 5.41) is 0. The standard InChI is InChI=1S/C14H26N2O/c1-6-9-16(10(2)3)14(12(5)15)13-8-7-11(4)17-13/h7-8,10,12,14H,6,9,15H2,1-5H3. The van der Waals surface area contributed by atoms with E-state index in [9.17, 15) is 0 Å². The molecule has 2 unspecified atom stereocenters. The van der Waals surface area contributed by atoms with Crippen molar-refractivity contribution >= 4 is 0 Å². The Morgan fingerprint density at radius 3 is 2.29 bits per heavy atom. The van der Waals surface area contributed by atoms with Gasteiger partial charge in [-0.1, -0.05) is 6.92 Å². The first-order chi connectivity index (χ1) is 7.97. The minimum atomic E-state index is 0.0644. The molecule has 98 valence electrons. The molecule has 0 amide bonds. The number of hydrogen-bond donors (Lipinski definition) is 1. The zero-order valence-corrected chi connectivity index (χ0v) is 11.7. The Labute approximate surface area is 105 Å². The molecule has 0 radical (unpaired) electrons. The fourth-order valence-electron chi connectivity index (χ4n) is 2.31. The third kappa shape index (κ3) is 3.58. The molecular weight excluding hydrogens is 212 g/mol. The molecule has 0 bridgehead atoms. The Morgan fingerprint density at radius 1 is 1.29 bits per heavy atom. The molecule has 17 heavy (non-hydrogen) atoms. The largest absolute Gasteiger partial charge is 0.465 e. The highest BCUT2D eigenvalue weighted by Gasteiger charge is 2.27. The van der Waals surface area contributed by atoms with Gasteiger partial charge < -0.3 is 10.2 Å². The molecule has 0 saturated heterocycles. The van der Waals surface area contributed by atoms with Crippen LogP contribution in [0.3, 0.4) is 0 Å². The second kappa shape index (κ2) is 6.22.